The number of benzene rings is 4. The molecule has 0 saturated carbocycles. The monoisotopic (exact) mass is 968 g/mol. The summed E-state index contributed by atoms with van der Waals surface area (Å²) in [6.45, 7) is 0.702. The van der Waals surface area contributed by atoms with Crippen LogP contribution >= 0.6 is 94.1 Å². The van der Waals surface area contributed by atoms with Gasteiger partial charge in [-0.05, 0) is 58.2 Å². The first-order chi connectivity index (χ1) is 30.2. The summed E-state index contributed by atoms with van der Waals surface area (Å²) >= 11 is 14.4. The second-order valence-corrected chi connectivity index (χ2v) is 22.5. The van der Waals surface area contributed by atoms with Crippen LogP contribution in [0.4, 0.5) is 0 Å². The van der Waals surface area contributed by atoms with Crippen molar-refractivity contribution in [2.45, 2.75) is 13.1 Å². The first-order valence-corrected chi connectivity index (χ1v) is 27.1. The van der Waals surface area contributed by atoms with E-state index in [-0.39, 0.29) is 0 Å². The van der Waals surface area contributed by atoms with Gasteiger partial charge in [0.25, 0.3) is 0 Å². The quantitative estimate of drug-likeness (QED) is 0.0732. The van der Waals surface area contributed by atoms with Crippen molar-refractivity contribution >= 4 is 130 Å². The minimum atomic E-state index is -1.57. The zero-order valence-corrected chi connectivity index (χ0v) is 40.2. The number of allylic oxidation sites excluding steroid dienone is 2. The van der Waals surface area contributed by atoms with Gasteiger partial charge in [-0.1, -0.05) is 155 Å². The van der Waals surface area contributed by atoms with Crippen molar-refractivity contribution in [2.75, 3.05) is 25.0 Å². The molecule has 0 unspecified atom stereocenters. The fourth-order valence-corrected chi connectivity index (χ4v) is 17.1. The van der Waals surface area contributed by atoms with Crippen LogP contribution in [0.25, 0.3) is 33.7 Å². The maximum atomic E-state index is 9.90. The summed E-state index contributed by atoms with van der Waals surface area (Å²) in [6, 6.07) is 31.5. The van der Waals surface area contributed by atoms with Crippen LogP contribution in [0.15, 0.2) is 135 Å². The Morgan fingerprint density at radius 3 is 1.16 bits per heavy atom. The molecule has 0 spiro atoms. The Balaban J connectivity index is 1.16. The van der Waals surface area contributed by atoms with E-state index in [0.717, 1.165) is 55.9 Å². The van der Waals surface area contributed by atoms with E-state index in [9.17, 15) is 20.1 Å². The highest BCUT2D eigenvalue weighted by Gasteiger charge is 2.31. The number of nitrogens with zero attached hydrogens (tertiary/aromatic N) is 6. The molecule has 8 rings (SSSR count). The maximum absolute atomic E-state index is 9.90. The molecular formula is C42H38B2N6O4S8. The van der Waals surface area contributed by atoms with E-state index in [0.29, 0.717) is 24.0 Å². The van der Waals surface area contributed by atoms with Crippen molar-refractivity contribution in [1.82, 2.24) is 30.0 Å². The van der Waals surface area contributed by atoms with Crippen LogP contribution in [-0.4, -0.2) is 89.3 Å². The van der Waals surface area contributed by atoms with Gasteiger partial charge in [-0.2, -0.15) is 0 Å². The Bertz CT molecular complexity index is 2500. The molecule has 314 valence electrons. The van der Waals surface area contributed by atoms with E-state index in [1.807, 2.05) is 83.7 Å². The fraction of sp³-hybridized carbons (Fsp3) is 0.143. The molecule has 0 atom stereocenters. The molecule has 2 aliphatic rings. The molecule has 2 aliphatic heterocycles. The predicted molar refractivity (Wildman–Crippen MR) is 274 cm³/mol. The first-order valence-electron chi connectivity index (χ1n) is 18.9. The van der Waals surface area contributed by atoms with Crippen LogP contribution in [0.5, 0.6) is 0 Å². The molecule has 10 nitrogen and oxygen atoms in total. The van der Waals surface area contributed by atoms with Crippen LogP contribution in [0.1, 0.15) is 22.3 Å². The van der Waals surface area contributed by atoms with Crippen LogP contribution in [0, 0.1) is 0 Å². The summed E-state index contributed by atoms with van der Waals surface area (Å²) < 4.78 is 11.0. The molecule has 0 saturated heterocycles. The minimum absolute atomic E-state index is 0.351. The van der Waals surface area contributed by atoms with Crippen molar-refractivity contribution in [2.24, 2.45) is 0 Å². The Kier molecular flexibility index (Phi) is 15.3. The molecule has 4 N–H and O–H groups in total. The lowest BCUT2D eigenvalue weighted by atomic mass is 9.77. The average Bonchev–Trinajstić information content (AvgIpc) is 4.13. The second kappa shape index (κ2) is 20.8. The summed E-state index contributed by atoms with van der Waals surface area (Å²) in [7, 11) is -3.15. The van der Waals surface area contributed by atoms with Gasteiger partial charge < -0.3 is 20.1 Å². The standard InChI is InChI=1S/C42H38B2N6O4S8/c1-55-39-40(56-2)60-37(59-39)35(27-17-13-25(14-18-27)33-23-49(47-45-33)21-29-9-5-7-11-31(29)43(51)52)36(38-61-41(57-3)42(58-4)62-38)28-19-15-26(16-20-28)34-24-50(48-46-34)22-30-10-6-8-12-32(30)44(53)54/h5-20,23-24,51-54H,21-22H2,1-4H3. The van der Waals surface area contributed by atoms with Crippen LogP contribution in [0.3, 0.4) is 0 Å². The lowest BCUT2D eigenvalue weighted by Gasteiger charge is -2.19. The SMILES string of the molecule is CSC1=C(SC)SC(=C(C(=C2SC(SC)=C(SC)S2)c2ccc(-c3cn(Cc4ccccc4B(O)O)nn3)cc2)c2ccc(-c3cn(Cc4ccccc4B(O)O)nn3)cc2)S1. The van der Waals surface area contributed by atoms with Gasteiger partial charge in [0.1, 0.15) is 11.4 Å². The van der Waals surface area contributed by atoms with E-state index in [2.05, 4.69) is 94.2 Å². The number of thioether (sulfide) groups is 8. The number of aromatic nitrogens is 6. The Labute approximate surface area is 395 Å². The van der Waals surface area contributed by atoms with Crippen molar-refractivity contribution in [3.63, 3.8) is 0 Å². The Morgan fingerprint density at radius 2 is 0.839 bits per heavy atom. The summed E-state index contributed by atoms with van der Waals surface area (Å²) in [5.41, 5.74) is 10.1. The normalized spacial score (nSPS) is 14.1. The van der Waals surface area contributed by atoms with E-state index < -0.39 is 14.2 Å². The summed E-state index contributed by atoms with van der Waals surface area (Å²) in [5, 5.41) is 57.3. The van der Waals surface area contributed by atoms with Crippen LogP contribution < -0.4 is 10.9 Å². The third-order valence-electron chi connectivity index (χ3n) is 9.82. The van der Waals surface area contributed by atoms with Gasteiger partial charge in [-0.25, -0.2) is 9.36 Å². The van der Waals surface area contributed by atoms with E-state index in [1.165, 1.54) is 25.4 Å². The minimum Gasteiger partial charge on any atom is -0.423 e. The lowest BCUT2D eigenvalue weighted by molar-refractivity contribution is 0.424. The molecule has 62 heavy (non-hydrogen) atoms. The fourth-order valence-electron chi connectivity index (χ4n) is 6.82. The van der Waals surface area contributed by atoms with Gasteiger partial charge in [0.15, 0.2) is 0 Å². The van der Waals surface area contributed by atoms with E-state index in [4.69, 9.17) is 0 Å². The molecule has 2 aromatic heterocycles. The molecule has 6 aromatic rings. The van der Waals surface area contributed by atoms with Gasteiger partial charge in [-0.3, -0.25) is 0 Å². The van der Waals surface area contributed by atoms with Gasteiger partial charge >= 0.3 is 14.2 Å². The maximum Gasteiger partial charge on any atom is 0.488 e. The van der Waals surface area contributed by atoms with Crippen LogP contribution in [-0.2, 0) is 13.1 Å². The summed E-state index contributed by atoms with van der Waals surface area (Å²) in [4.78, 5) is 0. The molecule has 20 heteroatoms. The van der Waals surface area contributed by atoms with Gasteiger partial charge in [-0.15, -0.1) is 57.2 Å². The van der Waals surface area contributed by atoms with Crippen molar-refractivity contribution in [1.29, 1.82) is 0 Å². The molecule has 0 radical (unpaired) electrons. The largest absolute Gasteiger partial charge is 0.488 e. The number of rotatable bonds is 15. The van der Waals surface area contributed by atoms with E-state index >= 15 is 0 Å². The highest BCUT2D eigenvalue weighted by atomic mass is 32.3. The molecule has 0 bridgehead atoms. The second-order valence-electron chi connectivity index (χ2n) is 13.6. The van der Waals surface area contributed by atoms with Crippen molar-refractivity contribution < 1.29 is 20.1 Å². The molecule has 0 amide bonds. The molecule has 0 aliphatic carbocycles. The van der Waals surface area contributed by atoms with Gasteiger partial charge in [0.2, 0.25) is 0 Å². The average molecular weight is 969 g/mol. The van der Waals surface area contributed by atoms with E-state index in [1.54, 1.807) is 80.7 Å². The number of hydrogen-bond donors (Lipinski definition) is 4. The molecule has 4 aromatic carbocycles. The van der Waals surface area contributed by atoms with Crippen LogP contribution in [0.2, 0.25) is 0 Å². The first kappa shape index (κ1) is 45.5. The zero-order chi connectivity index (χ0) is 43.3. The topological polar surface area (TPSA) is 142 Å². The van der Waals surface area contributed by atoms with Crippen molar-refractivity contribution in [3.8, 4) is 22.5 Å². The van der Waals surface area contributed by atoms with Gasteiger partial charge in [0.05, 0.1) is 50.9 Å². The predicted octanol–water partition coefficient (Wildman–Crippen LogP) is 8.36. The smallest absolute Gasteiger partial charge is 0.423 e. The summed E-state index contributed by atoms with van der Waals surface area (Å²) in [5.74, 6) is 0. The highest BCUT2D eigenvalue weighted by molar-refractivity contribution is 8.41. The van der Waals surface area contributed by atoms with Crippen molar-refractivity contribution in [3.05, 3.63) is 157 Å². The molecular weight excluding hydrogens is 931 g/mol. The third-order valence-corrected chi connectivity index (χ3v) is 20.3. The highest BCUT2D eigenvalue weighted by Crippen LogP contribution is 2.64. The lowest BCUT2D eigenvalue weighted by Crippen LogP contribution is -2.33. The molecule has 4 heterocycles. The number of hydrogen-bond acceptors (Lipinski definition) is 16. The Morgan fingerprint density at radius 1 is 0.500 bits per heavy atom. The molecule has 0 fully saturated rings. The van der Waals surface area contributed by atoms with Gasteiger partial charge in [0, 0.05) is 22.3 Å². The Hall–Kier alpha value is -3.11. The zero-order valence-electron chi connectivity index (χ0n) is 33.7. The summed E-state index contributed by atoms with van der Waals surface area (Å²) in [6.07, 6.45) is 12.3. The third kappa shape index (κ3) is 10.1.